The lowest BCUT2D eigenvalue weighted by Crippen LogP contribution is -2.50. The van der Waals surface area contributed by atoms with Gasteiger partial charge in [-0.05, 0) is 68.5 Å². The normalized spacial score (nSPS) is 12.2. The number of sulfonamides is 1. The van der Waals surface area contributed by atoms with Crippen LogP contribution in [0.4, 0.5) is 5.69 Å². The molecular weight excluding hydrogens is 490 g/mol. The van der Waals surface area contributed by atoms with E-state index in [4.69, 9.17) is 4.74 Å². The first kappa shape index (κ1) is 30.2. The highest BCUT2D eigenvalue weighted by molar-refractivity contribution is 7.92. The second kappa shape index (κ2) is 14.0. The van der Waals surface area contributed by atoms with Gasteiger partial charge in [0.15, 0.2) is 0 Å². The predicted molar refractivity (Wildman–Crippen MR) is 148 cm³/mol. The lowest BCUT2D eigenvalue weighted by atomic mass is 10.1. The number of carbonyl (C=O) groups is 2. The van der Waals surface area contributed by atoms with Crippen molar-refractivity contribution in [2.75, 3.05) is 24.2 Å². The molecule has 0 spiro atoms. The second-order valence-corrected chi connectivity index (χ2v) is 11.3. The van der Waals surface area contributed by atoms with Gasteiger partial charge >= 0.3 is 0 Å². The summed E-state index contributed by atoms with van der Waals surface area (Å²) in [7, 11) is -1.95. The number of amides is 2. The summed E-state index contributed by atoms with van der Waals surface area (Å²) in [5, 5.41) is 2.92. The number of anilines is 1. The zero-order chi connectivity index (χ0) is 27.6. The van der Waals surface area contributed by atoms with E-state index in [0.29, 0.717) is 24.3 Å². The van der Waals surface area contributed by atoms with Gasteiger partial charge in [0, 0.05) is 25.6 Å². The topological polar surface area (TPSA) is 96.0 Å². The largest absolute Gasteiger partial charge is 0.497 e. The molecule has 37 heavy (non-hydrogen) atoms. The second-order valence-electron chi connectivity index (χ2n) is 9.42. The number of carbonyl (C=O) groups excluding carboxylic acids is 2. The van der Waals surface area contributed by atoms with Crippen LogP contribution in [0.3, 0.4) is 0 Å². The number of rotatable bonds is 14. The van der Waals surface area contributed by atoms with Gasteiger partial charge in [-0.1, -0.05) is 38.1 Å². The monoisotopic (exact) mass is 531 g/mol. The van der Waals surface area contributed by atoms with Crippen molar-refractivity contribution < 1.29 is 22.7 Å². The van der Waals surface area contributed by atoms with E-state index >= 15 is 0 Å². The van der Waals surface area contributed by atoms with Crippen LogP contribution in [-0.4, -0.2) is 57.1 Å². The van der Waals surface area contributed by atoms with Crippen molar-refractivity contribution in [1.82, 2.24) is 10.2 Å². The van der Waals surface area contributed by atoms with Crippen molar-refractivity contribution in [1.29, 1.82) is 0 Å². The maximum Gasteiger partial charge on any atom is 0.243 e. The van der Waals surface area contributed by atoms with Crippen molar-refractivity contribution in [2.24, 2.45) is 0 Å². The van der Waals surface area contributed by atoms with Crippen molar-refractivity contribution in [3.63, 3.8) is 0 Å². The van der Waals surface area contributed by atoms with E-state index in [0.717, 1.165) is 17.5 Å². The van der Waals surface area contributed by atoms with Crippen molar-refractivity contribution >= 4 is 27.5 Å². The third kappa shape index (κ3) is 9.07. The number of ether oxygens (including phenoxy) is 1. The summed E-state index contributed by atoms with van der Waals surface area (Å²) in [6, 6.07) is 14.1. The number of nitrogens with one attached hydrogen (secondary N) is 1. The van der Waals surface area contributed by atoms with Gasteiger partial charge in [0.05, 0.1) is 19.1 Å². The summed E-state index contributed by atoms with van der Waals surface area (Å²) in [5.41, 5.74) is 2.53. The number of aryl methyl sites for hydroxylation is 1. The minimum Gasteiger partial charge on any atom is -0.497 e. The summed E-state index contributed by atoms with van der Waals surface area (Å²) in [6.45, 7) is 8.09. The average Bonchev–Trinajstić information content (AvgIpc) is 2.85. The molecule has 0 aromatic heterocycles. The quantitative estimate of drug-likeness (QED) is 0.395. The Bertz CT molecular complexity index is 1130. The van der Waals surface area contributed by atoms with E-state index in [-0.39, 0.29) is 37.4 Å². The highest BCUT2D eigenvalue weighted by Gasteiger charge is 2.29. The van der Waals surface area contributed by atoms with Gasteiger partial charge in [0.25, 0.3) is 0 Å². The number of hydrogen-bond acceptors (Lipinski definition) is 5. The number of nitrogens with zero attached hydrogens (tertiary/aromatic N) is 2. The first-order chi connectivity index (χ1) is 17.5. The van der Waals surface area contributed by atoms with Gasteiger partial charge in [0.1, 0.15) is 11.8 Å². The molecule has 204 valence electrons. The van der Waals surface area contributed by atoms with Crippen LogP contribution in [0.15, 0.2) is 48.5 Å². The van der Waals surface area contributed by atoms with Crippen LogP contribution in [0.5, 0.6) is 5.75 Å². The molecule has 0 saturated carbocycles. The van der Waals surface area contributed by atoms with E-state index in [1.54, 1.807) is 24.1 Å². The van der Waals surface area contributed by atoms with Crippen LogP contribution in [0.2, 0.25) is 0 Å². The molecule has 0 saturated heterocycles. The number of hydrogen-bond donors (Lipinski definition) is 1. The molecule has 0 bridgehead atoms. The SMILES string of the molecule is CCc1ccc(N(CCCC(=O)N(Cc2cccc(OC)c2)C(CC)C(=O)NC(C)C)S(C)(=O)=O)cc1. The fourth-order valence-electron chi connectivity index (χ4n) is 4.17. The molecule has 0 radical (unpaired) electrons. The summed E-state index contributed by atoms with van der Waals surface area (Å²) < 4.78 is 31.7. The first-order valence-electron chi connectivity index (χ1n) is 12.8. The summed E-state index contributed by atoms with van der Waals surface area (Å²) in [4.78, 5) is 28.1. The maximum absolute atomic E-state index is 13.5. The van der Waals surface area contributed by atoms with Gasteiger partial charge in [-0.3, -0.25) is 13.9 Å². The highest BCUT2D eigenvalue weighted by Crippen LogP contribution is 2.21. The van der Waals surface area contributed by atoms with Crippen LogP contribution in [0.1, 0.15) is 58.1 Å². The third-order valence-corrected chi connectivity index (χ3v) is 7.28. The Morgan fingerprint density at radius 2 is 1.70 bits per heavy atom. The lowest BCUT2D eigenvalue weighted by molar-refractivity contribution is -0.141. The summed E-state index contributed by atoms with van der Waals surface area (Å²) in [6.07, 6.45) is 2.90. The fourth-order valence-corrected chi connectivity index (χ4v) is 5.13. The van der Waals surface area contributed by atoms with Gasteiger partial charge in [0.2, 0.25) is 21.8 Å². The minimum absolute atomic E-state index is 0.0577. The Morgan fingerprint density at radius 3 is 2.24 bits per heavy atom. The van der Waals surface area contributed by atoms with Crippen LogP contribution in [0, 0.1) is 0 Å². The average molecular weight is 532 g/mol. The standard InChI is InChI=1S/C28H41N3O5S/c1-7-22-14-16-24(17-15-22)31(37(6,34)35)18-10-13-27(32)30(26(8-2)28(33)29-21(3)4)20-23-11-9-12-25(19-23)36-5/h9,11-12,14-17,19,21,26H,7-8,10,13,18,20H2,1-6H3,(H,29,33). The first-order valence-corrected chi connectivity index (χ1v) is 14.6. The molecule has 1 unspecified atom stereocenters. The molecule has 8 nitrogen and oxygen atoms in total. The van der Waals surface area contributed by atoms with E-state index in [1.165, 1.54) is 10.6 Å². The highest BCUT2D eigenvalue weighted by atomic mass is 32.2. The predicted octanol–water partition coefficient (Wildman–Crippen LogP) is 4.14. The molecule has 0 heterocycles. The Balaban J connectivity index is 2.23. The summed E-state index contributed by atoms with van der Waals surface area (Å²) in [5.74, 6) is 0.258. The van der Waals surface area contributed by atoms with Crippen LogP contribution in [0.25, 0.3) is 0 Å². The molecule has 0 fully saturated rings. The van der Waals surface area contributed by atoms with Gasteiger partial charge < -0.3 is 15.0 Å². The van der Waals surface area contributed by atoms with Gasteiger partial charge in [-0.2, -0.15) is 0 Å². The lowest BCUT2D eigenvalue weighted by Gasteiger charge is -2.31. The molecule has 9 heteroatoms. The van der Waals surface area contributed by atoms with Crippen molar-refractivity contribution in [3.05, 3.63) is 59.7 Å². The molecule has 0 aliphatic heterocycles. The molecule has 1 atom stereocenters. The zero-order valence-electron chi connectivity index (χ0n) is 22.9. The Hall–Kier alpha value is -3.07. The van der Waals surface area contributed by atoms with Crippen molar-refractivity contribution in [2.45, 2.75) is 72.0 Å². The molecule has 2 amide bonds. The van der Waals surface area contributed by atoms with Gasteiger partial charge in [-0.15, -0.1) is 0 Å². The zero-order valence-corrected chi connectivity index (χ0v) is 23.7. The van der Waals surface area contributed by atoms with Crippen molar-refractivity contribution in [3.8, 4) is 5.75 Å². The van der Waals surface area contributed by atoms with E-state index < -0.39 is 16.1 Å². The molecule has 0 aliphatic rings. The molecule has 2 rings (SSSR count). The molecule has 0 aliphatic carbocycles. The molecular formula is C28H41N3O5S. The smallest absolute Gasteiger partial charge is 0.243 e. The Kier molecular flexibility index (Phi) is 11.4. The van der Waals surface area contributed by atoms with Crippen LogP contribution in [-0.2, 0) is 32.6 Å². The number of benzene rings is 2. The maximum atomic E-state index is 13.5. The van der Waals surface area contributed by atoms with Gasteiger partial charge in [-0.25, -0.2) is 8.42 Å². The van der Waals surface area contributed by atoms with Crippen LogP contribution < -0.4 is 14.4 Å². The Morgan fingerprint density at radius 1 is 1.03 bits per heavy atom. The summed E-state index contributed by atoms with van der Waals surface area (Å²) >= 11 is 0. The molecule has 1 N–H and O–H groups in total. The van der Waals surface area contributed by atoms with E-state index in [2.05, 4.69) is 5.32 Å². The molecule has 2 aromatic carbocycles. The van der Waals surface area contributed by atoms with Crippen LogP contribution >= 0.6 is 0 Å². The third-order valence-electron chi connectivity index (χ3n) is 6.09. The fraction of sp³-hybridized carbons (Fsp3) is 0.500. The number of methoxy groups -OCH3 is 1. The molecule has 2 aromatic rings. The van der Waals surface area contributed by atoms with E-state index in [9.17, 15) is 18.0 Å². The minimum atomic E-state index is -3.53. The Labute approximate surface area is 222 Å². The van der Waals surface area contributed by atoms with E-state index in [1.807, 2.05) is 64.1 Å².